The van der Waals surface area contributed by atoms with Gasteiger partial charge in [0.05, 0.1) is 43.7 Å². The summed E-state index contributed by atoms with van der Waals surface area (Å²) in [6.45, 7) is -1.13. The van der Waals surface area contributed by atoms with Crippen LogP contribution in [0.15, 0.2) is 0 Å². The van der Waals surface area contributed by atoms with E-state index in [-0.39, 0.29) is 26.4 Å². The van der Waals surface area contributed by atoms with E-state index in [4.69, 9.17) is 27.2 Å². The van der Waals surface area contributed by atoms with E-state index in [9.17, 15) is 0 Å². The first kappa shape index (κ1) is 10.1. The highest BCUT2D eigenvalue weighted by atomic mass is 35.5. The normalized spacial score (nSPS) is 12.0. The van der Waals surface area contributed by atoms with Gasteiger partial charge in [0.2, 0.25) is 0 Å². The van der Waals surface area contributed by atoms with Crippen molar-refractivity contribution in [2.75, 3.05) is 26.4 Å². The van der Waals surface area contributed by atoms with Crippen molar-refractivity contribution in [2.24, 2.45) is 5.41 Å². The molecule has 0 aromatic rings. The lowest BCUT2D eigenvalue weighted by Gasteiger charge is -2.24. The number of hydrogen-bond donors (Lipinski definition) is 3. The van der Waals surface area contributed by atoms with E-state index in [0.717, 1.165) is 0 Å². The van der Waals surface area contributed by atoms with E-state index >= 15 is 0 Å². The Balaban J connectivity index is 3.87. The summed E-state index contributed by atoms with van der Waals surface area (Å²) in [6, 6.07) is 0. The third-order valence-electron chi connectivity index (χ3n) is 1.37. The maximum Gasteiger partial charge on any atom is 0.0805 e. The molecule has 62 valence electrons. The standard InChI is InChI=1S/C5H11ClO4/c6-10-4-5(1-7,2-8)3-9/h7-9H,1-4H2. The fourth-order valence-corrected chi connectivity index (χ4v) is 0.634. The minimum Gasteiger partial charge on any atom is -0.396 e. The monoisotopic (exact) mass is 170 g/mol. The summed E-state index contributed by atoms with van der Waals surface area (Å²) in [4.78, 5) is 0. The van der Waals surface area contributed by atoms with E-state index < -0.39 is 5.41 Å². The number of halogens is 1. The van der Waals surface area contributed by atoms with E-state index in [0.29, 0.717) is 0 Å². The Bertz CT molecular complexity index is 75.5. The van der Waals surface area contributed by atoms with Gasteiger partial charge in [-0.1, -0.05) is 0 Å². The summed E-state index contributed by atoms with van der Waals surface area (Å²) in [5, 5.41) is 25.9. The molecule has 0 atom stereocenters. The zero-order valence-corrected chi connectivity index (χ0v) is 6.21. The summed E-state index contributed by atoms with van der Waals surface area (Å²) in [6.07, 6.45) is 0. The van der Waals surface area contributed by atoms with Crippen LogP contribution in [0.5, 0.6) is 0 Å². The minimum atomic E-state index is -1.01. The highest BCUT2D eigenvalue weighted by Gasteiger charge is 2.28. The van der Waals surface area contributed by atoms with Crippen LogP contribution >= 0.6 is 11.9 Å². The second-order valence-corrected chi connectivity index (χ2v) is 2.45. The van der Waals surface area contributed by atoms with Gasteiger partial charge >= 0.3 is 0 Å². The lowest BCUT2D eigenvalue weighted by atomic mass is 9.93. The Labute approximate surface area is 64.2 Å². The maximum absolute atomic E-state index is 8.65. The highest BCUT2D eigenvalue weighted by Crippen LogP contribution is 2.15. The molecule has 0 amide bonds. The predicted octanol–water partition coefficient (Wildman–Crippen LogP) is -0.880. The van der Waals surface area contributed by atoms with Crippen LogP contribution in [0.3, 0.4) is 0 Å². The molecule has 0 aliphatic heterocycles. The Morgan fingerprint density at radius 3 is 1.60 bits per heavy atom. The summed E-state index contributed by atoms with van der Waals surface area (Å²) in [5.41, 5.74) is -1.01. The van der Waals surface area contributed by atoms with E-state index in [1.54, 1.807) is 0 Å². The molecule has 0 saturated heterocycles. The Morgan fingerprint density at radius 2 is 1.50 bits per heavy atom. The van der Waals surface area contributed by atoms with Crippen molar-refractivity contribution in [3.8, 4) is 0 Å². The van der Waals surface area contributed by atoms with Gasteiger partial charge in [0.25, 0.3) is 0 Å². The third kappa shape index (κ3) is 2.40. The average Bonchev–Trinajstić information content (AvgIpc) is 2.01. The topological polar surface area (TPSA) is 69.9 Å². The number of hydrogen-bond acceptors (Lipinski definition) is 4. The van der Waals surface area contributed by atoms with Gasteiger partial charge in [-0.05, 0) is 0 Å². The highest BCUT2D eigenvalue weighted by molar-refractivity contribution is 6.07. The summed E-state index contributed by atoms with van der Waals surface area (Å²) in [5.74, 6) is 0. The molecule has 0 rings (SSSR count). The fourth-order valence-electron chi connectivity index (χ4n) is 0.403. The molecule has 0 unspecified atom stereocenters. The largest absolute Gasteiger partial charge is 0.396 e. The Hall–Kier alpha value is 0.130. The van der Waals surface area contributed by atoms with Crippen LogP contribution in [0.2, 0.25) is 0 Å². The quantitative estimate of drug-likeness (QED) is 0.501. The average molecular weight is 171 g/mol. The summed E-state index contributed by atoms with van der Waals surface area (Å²) >= 11 is 4.89. The smallest absolute Gasteiger partial charge is 0.0805 e. The SMILES string of the molecule is OCC(CO)(CO)COCl. The van der Waals surface area contributed by atoms with Crippen LogP contribution in [0.25, 0.3) is 0 Å². The van der Waals surface area contributed by atoms with Crippen molar-refractivity contribution in [2.45, 2.75) is 0 Å². The lowest BCUT2D eigenvalue weighted by Crippen LogP contribution is -2.37. The van der Waals surface area contributed by atoms with Gasteiger partial charge in [-0.3, -0.25) is 4.29 Å². The summed E-state index contributed by atoms with van der Waals surface area (Å²) in [7, 11) is 0. The molecule has 10 heavy (non-hydrogen) atoms. The van der Waals surface area contributed by atoms with Gasteiger partial charge in [0.15, 0.2) is 0 Å². The first-order chi connectivity index (χ1) is 4.74. The van der Waals surface area contributed by atoms with Gasteiger partial charge < -0.3 is 15.3 Å². The Morgan fingerprint density at radius 1 is 1.10 bits per heavy atom. The van der Waals surface area contributed by atoms with Crippen molar-refractivity contribution in [3.63, 3.8) is 0 Å². The zero-order chi connectivity index (χ0) is 8.04. The second kappa shape index (κ2) is 4.87. The number of aliphatic hydroxyl groups excluding tert-OH is 3. The van der Waals surface area contributed by atoms with Crippen molar-refractivity contribution >= 4 is 11.9 Å². The predicted molar refractivity (Wildman–Crippen MR) is 35.5 cm³/mol. The lowest BCUT2D eigenvalue weighted by molar-refractivity contribution is -0.0239. The molecule has 0 aliphatic rings. The molecular weight excluding hydrogens is 160 g/mol. The molecule has 0 aromatic carbocycles. The molecule has 0 spiro atoms. The van der Waals surface area contributed by atoms with Crippen molar-refractivity contribution in [1.29, 1.82) is 0 Å². The van der Waals surface area contributed by atoms with Gasteiger partial charge in [-0.2, -0.15) is 0 Å². The van der Waals surface area contributed by atoms with Crippen LogP contribution in [0, 0.1) is 5.41 Å². The van der Waals surface area contributed by atoms with Crippen molar-refractivity contribution < 1.29 is 19.6 Å². The molecular formula is C5H11ClO4. The molecule has 0 heterocycles. The number of aliphatic hydroxyl groups is 3. The van der Waals surface area contributed by atoms with Gasteiger partial charge in [-0.15, -0.1) is 0 Å². The van der Waals surface area contributed by atoms with Crippen molar-refractivity contribution in [3.05, 3.63) is 0 Å². The molecule has 0 radical (unpaired) electrons. The Kier molecular flexibility index (Phi) is 4.93. The molecule has 0 fully saturated rings. The van der Waals surface area contributed by atoms with Crippen LogP contribution in [0.4, 0.5) is 0 Å². The van der Waals surface area contributed by atoms with Gasteiger partial charge in [0, 0.05) is 0 Å². The molecule has 0 bridgehead atoms. The minimum absolute atomic E-state index is 0.0714. The van der Waals surface area contributed by atoms with Gasteiger partial charge in [0.1, 0.15) is 0 Å². The summed E-state index contributed by atoms with van der Waals surface area (Å²) < 4.78 is 4.17. The molecule has 3 N–H and O–H groups in total. The fraction of sp³-hybridized carbons (Fsp3) is 1.00. The van der Waals surface area contributed by atoms with Crippen LogP contribution in [-0.4, -0.2) is 41.7 Å². The molecule has 4 nitrogen and oxygen atoms in total. The van der Waals surface area contributed by atoms with Crippen LogP contribution < -0.4 is 0 Å². The molecule has 0 aromatic heterocycles. The molecule has 5 heteroatoms. The first-order valence-corrected chi connectivity index (χ1v) is 3.11. The van der Waals surface area contributed by atoms with E-state index in [2.05, 4.69) is 4.29 Å². The first-order valence-electron chi connectivity index (χ1n) is 2.81. The number of rotatable bonds is 5. The zero-order valence-electron chi connectivity index (χ0n) is 5.46. The van der Waals surface area contributed by atoms with E-state index in [1.165, 1.54) is 0 Å². The van der Waals surface area contributed by atoms with Crippen molar-refractivity contribution in [1.82, 2.24) is 0 Å². The van der Waals surface area contributed by atoms with Gasteiger partial charge in [-0.25, -0.2) is 0 Å². The molecule has 0 aliphatic carbocycles. The third-order valence-corrected chi connectivity index (χ3v) is 1.48. The van der Waals surface area contributed by atoms with Crippen LogP contribution in [-0.2, 0) is 4.29 Å². The van der Waals surface area contributed by atoms with E-state index in [1.807, 2.05) is 0 Å². The maximum atomic E-state index is 8.65. The molecule has 0 saturated carbocycles. The van der Waals surface area contributed by atoms with Crippen LogP contribution in [0.1, 0.15) is 0 Å². The second-order valence-electron chi connectivity index (χ2n) is 2.23.